The molecule has 0 aromatic rings. The fourth-order valence-electron chi connectivity index (χ4n) is 4.89. The summed E-state index contributed by atoms with van der Waals surface area (Å²) in [5.74, 6) is -0.197. The molecule has 0 radical (unpaired) electrons. The summed E-state index contributed by atoms with van der Waals surface area (Å²) in [7, 11) is 0. The molecule has 2 fully saturated rings. The Kier molecular flexibility index (Phi) is 7.90. The fraction of sp³-hybridized carbons (Fsp3) is 0.773. The van der Waals surface area contributed by atoms with E-state index in [2.05, 4.69) is 26.0 Å². The predicted molar refractivity (Wildman–Crippen MR) is 104 cm³/mol. The number of unbranched alkanes of at least 4 members (excludes halogenated alkanes) is 3. The van der Waals surface area contributed by atoms with Gasteiger partial charge in [0.05, 0.1) is 12.2 Å². The van der Waals surface area contributed by atoms with Gasteiger partial charge in [-0.05, 0) is 49.9 Å². The van der Waals surface area contributed by atoms with Gasteiger partial charge in [-0.2, -0.15) is 0 Å². The largest absolute Gasteiger partial charge is 0.481 e. The van der Waals surface area contributed by atoms with E-state index in [0.29, 0.717) is 12.3 Å². The van der Waals surface area contributed by atoms with E-state index in [-0.39, 0.29) is 23.9 Å². The third kappa shape index (κ3) is 5.68. The van der Waals surface area contributed by atoms with Crippen molar-refractivity contribution in [2.75, 3.05) is 0 Å². The molecule has 26 heavy (non-hydrogen) atoms. The van der Waals surface area contributed by atoms with E-state index in [1.54, 1.807) is 0 Å². The maximum absolute atomic E-state index is 10.6. The highest BCUT2D eigenvalue weighted by Crippen LogP contribution is 2.58. The van der Waals surface area contributed by atoms with Crippen LogP contribution in [0.15, 0.2) is 23.8 Å². The number of aliphatic hydroxyl groups is 2. The molecular weight excluding hydrogens is 328 g/mol. The molecular formula is C22H36O4. The van der Waals surface area contributed by atoms with Gasteiger partial charge in [-0.1, -0.05) is 56.9 Å². The number of hydrogen-bond acceptors (Lipinski definition) is 3. The molecule has 2 saturated carbocycles. The van der Waals surface area contributed by atoms with Gasteiger partial charge in [-0.3, -0.25) is 4.79 Å². The maximum Gasteiger partial charge on any atom is 0.303 e. The van der Waals surface area contributed by atoms with E-state index in [9.17, 15) is 15.0 Å². The lowest BCUT2D eigenvalue weighted by Gasteiger charge is -2.24. The average molecular weight is 365 g/mol. The molecule has 4 nitrogen and oxygen atoms in total. The summed E-state index contributed by atoms with van der Waals surface area (Å²) < 4.78 is 0. The molecule has 0 spiro atoms. The molecule has 0 unspecified atom stereocenters. The van der Waals surface area contributed by atoms with Crippen molar-refractivity contribution in [2.45, 2.75) is 90.3 Å². The second kappa shape index (κ2) is 9.70. The molecule has 3 N–H and O–H groups in total. The highest BCUT2D eigenvalue weighted by atomic mass is 16.4. The number of allylic oxidation sites excluding steroid dienone is 2. The van der Waals surface area contributed by atoms with Crippen molar-refractivity contribution in [1.82, 2.24) is 0 Å². The predicted octanol–water partition coefficient (Wildman–Crippen LogP) is 4.46. The Morgan fingerprint density at radius 1 is 1.35 bits per heavy atom. The van der Waals surface area contributed by atoms with Crippen LogP contribution >= 0.6 is 0 Å². The maximum atomic E-state index is 10.6. The van der Waals surface area contributed by atoms with Gasteiger partial charge >= 0.3 is 5.97 Å². The number of rotatable bonds is 10. The van der Waals surface area contributed by atoms with Crippen molar-refractivity contribution in [3.63, 3.8) is 0 Å². The summed E-state index contributed by atoms with van der Waals surface area (Å²) in [6.07, 6.45) is 14.1. The summed E-state index contributed by atoms with van der Waals surface area (Å²) in [6.45, 7) is 4.43. The quantitative estimate of drug-likeness (QED) is 0.395. The standard InChI is InChI=1S/C22H36O4/c1-3-4-5-9-17(23)11-12-18-19-13-16(8-6-7-10-21(25)26)14-22(19,2)15-20(18)24/h8,11-12,17-20,23-24H,3-7,9-10,13-15H2,1-2H3,(H,25,26)/t17-,18+,19+,20+,22-/m1/s1. The van der Waals surface area contributed by atoms with E-state index in [1.165, 1.54) is 5.57 Å². The van der Waals surface area contributed by atoms with Gasteiger partial charge < -0.3 is 15.3 Å². The molecule has 0 aliphatic heterocycles. The van der Waals surface area contributed by atoms with Gasteiger partial charge in [0.25, 0.3) is 0 Å². The van der Waals surface area contributed by atoms with Gasteiger partial charge in [-0.15, -0.1) is 0 Å². The molecule has 0 amide bonds. The summed E-state index contributed by atoms with van der Waals surface area (Å²) in [4.78, 5) is 10.6. The molecule has 0 aromatic carbocycles. The van der Waals surface area contributed by atoms with E-state index in [4.69, 9.17) is 5.11 Å². The number of carboxylic acids is 1. The zero-order valence-corrected chi connectivity index (χ0v) is 16.4. The number of carboxylic acid groups (broad SMARTS) is 1. The van der Waals surface area contributed by atoms with E-state index < -0.39 is 12.1 Å². The first-order valence-corrected chi connectivity index (χ1v) is 10.3. The highest BCUT2D eigenvalue weighted by Gasteiger charge is 2.52. The molecule has 0 saturated heterocycles. The van der Waals surface area contributed by atoms with E-state index in [0.717, 1.165) is 51.4 Å². The number of hydrogen-bond donors (Lipinski definition) is 3. The Balaban J connectivity index is 1.91. The van der Waals surface area contributed by atoms with Crippen molar-refractivity contribution in [1.29, 1.82) is 0 Å². The summed E-state index contributed by atoms with van der Waals surface area (Å²) in [6, 6.07) is 0. The first-order valence-electron chi connectivity index (χ1n) is 10.3. The van der Waals surface area contributed by atoms with Gasteiger partial charge in [0, 0.05) is 12.3 Å². The van der Waals surface area contributed by atoms with Crippen LogP contribution in [0.3, 0.4) is 0 Å². The lowest BCUT2D eigenvalue weighted by atomic mass is 9.80. The number of carbonyl (C=O) groups is 1. The normalized spacial score (nSPS) is 33.8. The van der Waals surface area contributed by atoms with Gasteiger partial charge in [0.15, 0.2) is 0 Å². The monoisotopic (exact) mass is 364 g/mol. The number of fused-ring (bicyclic) bond motifs is 1. The fourth-order valence-corrected chi connectivity index (χ4v) is 4.89. The topological polar surface area (TPSA) is 77.8 Å². The summed E-state index contributed by atoms with van der Waals surface area (Å²) in [5.41, 5.74) is 1.54. The Labute approximate surface area is 158 Å². The lowest BCUT2D eigenvalue weighted by molar-refractivity contribution is -0.137. The molecule has 148 valence electrons. The van der Waals surface area contributed by atoms with Gasteiger partial charge in [-0.25, -0.2) is 0 Å². The minimum atomic E-state index is -0.732. The van der Waals surface area contributed by atoms with Crippen LogP contribution in [0.25, 0.3) is 0 Å². The molecule has 2 rings (SSSR count). The molecule has 0 heterocycles. The molecule has 0 bridgehead atoms. The van der Waals surface area contributed by atoms with E-state index >= 15 is 0 Å². The Morgan fingerprint density at radius 3 is 2.81 bits per heavy atom. The SMILES string of the molecule is CCCCC[C@@H](O)C=C[C@@H]1[C@@H](O)C[C@@]2(C)CC(=CCCCC(=O)O)C[C@@H]12. The zero-order chi connectivity index (χ0) is 19.2. The first kappa shape index (κ1) is 21.2. The van der Waals surface area contributed by atoms with Crippen molar-refractivity contribution in [3.8, 4) is 0 Å². The molecule has 2 aliphatic carbocycles. The van der Waals surface area contributed by atoms with Crippen LogP contribution in [-0.4, -0.2) is 33.5 Å². The Hall–Kier alpha value is -1.13. The highest BCUT2D eigenvalue weighted by molar-refractivity contribution is 5.66. The number of aliphatic hydroxyl groups excluding tert-OH is 2. The minimum Gasteiger partial charge on any atom is -0.481 e. The zero-order valence-electron chi connectivity index (χ0n) is 16.4. The van der Waals surface area contributed by atoms with Crippen LogP contribution in [0.4, 0.5) is 0 Å². The number of aliphatic carboxylic acids is 1. The Morgan fingerprint density at radius 2 is 2.12 bits per heavy atom. The van der Waals surface area contributed by atoms with Crippen LogP contribution in [-0.2, 0) is 4.79 Å². The van der Waals surface area contributed by atoms with Crippen LogP contribution in [0.5, 0.6) is 0 Å². The first-order chi connectivity index (χ1) is 12.4. The molecule has 2 aliphatic rings. The van der Waals surface area contributed by atoms with Crippen molar-refractivity contribution in [3.05, 3.63) is 23.8 Å². The molecule has 0 aromatic heterocycles. The van der Waals surface area contributed by atoms with Crippen LogP contribution < -0.4 is 0 Å². The third-order valence-corrected chi connectivity index (χ3v) is 6.28. The van der Waals surface area contributed by atoms with Crippen LogP contribution in [0, 0.1) is 17.3 Å². The molecule has 4 heteroatoms. The average Bonchev–Trinajstić information content (AvgIpc) is 2.99. The van der Waals surface area contributed by atoms with Gasteiger partial charge in [0.1, 0.15) is 0 Å². The Bertz CT molecular complexity index is 524. The van der Waals surface area contributed by atoms with Crippen LogP contribution in [0.1, 0.15) is 78.1 Å². The van der Waals surface area contributed by atoms with Gasteiger partial charge in [0.2, 0.25) is 0 Å². The van der Waals surface area contributed by atoms with Crippen molar-refractivity contribution in [2.24, 2.45) is 17.3 Å². The van der Waals surface area contributed by atoms with E-state index in [1.807, 2.05) is 6.08 Å². The van der Waals surface area contributed by atoms with Crippen molar-refractivity contribution < 1.29 is 20.1 Å². The second-order valence-corrected chi connectivity index (χ2v) is 8.59. The second-order valence-electron chi connectivity index (χ2n) is 8.59. The minimum absolute atomic E-state index is 0.116. The smallest absolute Gasteiger partial charge is 0.303 e. The summed E-state index contributed by atoms with van der Waals surface area (Å²) in [5, 5.41) is 29.4. The molecule has 5 atom stereocenters. The van der Waals surface area contributed by atoms with Crippen molar-refractivity contribution >= 4 is 5.97 Å². The third-order valence-electron chi connectivity index (χ3n) is 6.28. The van der Waals surface area contributed by atoms with Crippen LogP contribution in [0.2, 0.25) is 0 Å². The lowest BCUT2D eigenvalue weighted by Crippen LogP contribution is -2.19. The summed E-state index contributed by atoms with van der Waals surface area (Å²) >= 11 is 0.